The van der Waals surface area contributed by atoms with Gasteiger partial charge in [-0.15, -0.1) is 0 Å². The Bertz CT molecular complexity index is 327. The number of rotatable bonds is 10. The lowest BCUT2D eigenvalue weighted by atomic mass is 10.1. The highest BCUT2D eigenvalue weighted by Gasteiger charge is 2.06. The van der Waals surface area contributed by atoms with E-state index in [4.69, 9.17) is 15.2 Å². The van der Waals surface area contributed by atoms with Gasteiger partial charge in [-0.05, 0) is 50.0 Å². The highest BCUT2D eigenvalue weighted by atomic mass is 16.5. The fourth-order valence-corrected chi connectivity index (χ4v) is 2.02. The average molecular weight is 266 g/mol. The van der Waals surface area contributed by atoms with Crippen LogP contribution in [-0.2, 0) is 11.2 Å². The lowest BCUT2D eigenvalue weighted by Crippen LogP contribution is -2.35. The second-order valence-corrected chi connectivity index (χ2v) is 4.64. The molecule has 4 nitrogen and oxygen atoms in total. The largest absolute Gasteiger partial charge is 0.497 e. The van der Waals surface area contributed by atoms with E-state index in [9.17, 15) is 0 Å². The maximum absolute atomic E-state index is 5.54. The number of methoxy groups -OCH3 is 2. The van der Waals surface area contributed by atoms with Gasteiger partial charge in [0.1, 0.15) is 5.75 Å². The van der Waals surface area contributed by atoms with Gasteiger partial charge in [0.15, 0.2) is 0 Å². The predicted octanol–water partition coefficient (Wildman–Crippen LogP) is 1.58. The summed E-state index contributed by atoms with van der Waals surface area (Å²) in [7, 11) is 3.42. The molecule has 1 rings (SSSR count). The van der Waals surface area contributed by atoms with Gasteiger partial charge in [0.25, 0.3) is 0 Å². The third-order valence-electron chi connectivity index (χ3n) is 3.13. The highest BCUT2D eigenvalue weighted by molar-refractivity contribution is 5.27. The maximum atomic E-state index is 5.54. The van der Waals surface area contributed by atoms with Gasteiger partial charge in [-0.2, -0.15) is 0 Å². The van der Waals surface area contributed by atoms with Gasteiger partial charge in [0, 0.05) is 13.2 Å². The van der Waals surface area contributed by atoms with Crippen molar-refractivity contribution in [3.05, 3.63) is 29.8 Å². The molecule has 1 unspecified atom stereocenters. The first-order chi connectivity index (χ1) is 9.30. The molecule has 0 fully saturated rings. The quantitative estimate of drug-likeness (QED) is 0.675. The molecule has 0 saturated carbocycles. The minimum atomic E-state index is 0.395. The van der Waals surface area contributed by atoms with Crippen LogP contribution in [0.2, 0.25) is 0 Å². The number of nitrogens with one attached hydrogen (secondary N) is 1. The van der Waals surface area contributed by atoms with Crippen LogP contribution < -0.4 is 15.8 Å². The van der Waals surface area contributed by atoms with E-state index in [1.54, 1.807) is 14.2 Å². The van der Waals surface area contributed by atoms with Crippen molar-refractivity contribution >= 4 is 0 Å². The number of ether oxygens (including phenoxy) is 2. The molecule has 108 valence electrons. The lowest BCUT2D eigenvalue weighted by molar-refractivity contribution is 0.162. The molecule has 1 aromatic carbocycles. The molecule has 0 aliphatic rings. The smallest absolute Gasteiger partial charge is 0.118 e. The van der Waals surface area contributed by atoms with E-state index in [0.29, 0.717) is 6.04 Å². The Kier molecular flexibility index (Phi) is 8.21. The summed E-state index contributed by atoms with van der Waals surface area (Å²) in [5.41, 5.74) is 6.85. The standard InChI is InChI=1S/C15H26N2O2/c1-18-12-14(4-3-10-16)17-11-9-13-5-7-15(19-2)8-6-13/h5-8,14,17H,3-4,9-12,16H2,1-2H3. The predicted molar refractivity (Wildman–Crippen MR) is 78.7 cm³/mol. The number of nitrogens with two attached hydrogens (primary N) is 1. The van der Waals surface area contributed by atoms with Crippen molar-refractivity contribution in [1.82, 2.24) is 5.32 Å². The second kappa shape index (κ2) is 9.78. The van der Waals surface area contributed by atoms with Crippen LogP contribution in [-0.4, -0.2) is 40.0 Å². The van der Waals surface area contributed by atoms with Crippen molar-refractivity contribution in [3.8, 4) is 5.75 Å². The minimum Gasteiger partial charge on any atom is -0.497 e. The summed E-state index contributed by atoms with van der Waals surface area (Å²) < 4.78 is 10.4. The average Bonchev–Trinajstić information content (AvgIpc) is 2.45. The van der Waals surface area contributed by atoms with Crippen LogP contribution in [0.4, 0.5) is 0 Å². The molecule has 19 heavy (non-hydrogen) atoms. The van der Waals surface area contributed by atoms with Gasteiger partial charge < -0.3 is 20.5 Å². The van der Waals surface area contributed by atoms with Gasteiger partial charge in [0.2, 0.25) is 0 Å². The monoisotopic (exact) mass is 266 g/mol. The van der Waals surface area contributed by atoms with Gasteiger partial charge >= 0.3 is 0 Å². The van der Waals surface area contributed by atoms with Crippen LogP contribution in [0, 0.1) is 0 Å². The fourth-order valence-electron chi connectivity index (χ4n) is 2.02. The molecule has 1 atom stereocenters. The Balaban J connectivity index is 2.29. The van der Waals surface area contributed by atoms with Gasteiger partial charge in [0.05, 0.1) is 13.7 Å². The minimum absolute atomic E-state index is 0.395. The van der Waals surface area contributed by atoms with Crippen LogP contribution in [0.25, 0.3) is 0 Å². The third kappa shape index (κ3) is 6.57. The molecule has 0 aliphatic heterocycles. The molecule has 0 bridgehead atoms. The topological polar surface area (TPSA) is 56.5 Å². The molecule has 0 saturated heterocycles. The van der Waals surface area contributed by atoms with E-state index in [2.05, 4.69) is 17.4 Å². The molecular weight excluding hydrogens is 240 g/mol. The van der Waals surface area contributed by atoms with Crippen LogP contribution >= 0.6 is 0 Å². The van der Waals surface area contributed by atoms with Crippen molar-refractivity contribution in [2.75, 3.05) is 33.9 Å². The Morgan fingerprint density at radius 1 is 1.21 bits per heavy atom. The molecule has 0 amide bonds. The molecule has 0 aliphatic carbocycles. The normalized spacial score (nSPS) is 12.4. The molecule has 0 heterocycles. The van der Waals surface area contributed by atoms with E-state index < -0.39 is 0 Å². The van der Waals surface area contributed by atoms with E-state index in [-0.39, 0.29) is 0 Å². The van der Waals surface area contributed by atoms with Gasteiger partial charge in [-0.3, -0.25) is 0 Å². The fraction of sp³-hybridized carbons (Fsp3) is 0.600. The molecule has 0 spiro atoms. The van der Waals surface area contributed by atoms with E-state index in [1.807, 2.05) is 12.1 Å². The Morgan fingerprint density at radius 2 is 1.95 bits per heavy atom. The molecule has 3 N–H and O–H groups in total. The number of hydrogen-bond acceptors (Lipinski definition) is 4. The van der Waals surface area contributed by atoms with Crippen molar-refractivity contribution in [2.45, 2.75) is 25.3 Å². The highest BCUT2D eigenvalue weighted by Crippen LogP contribution is 2.11. The van der Waals surface area contributed by atoms with Crippen molar-refractivity contribution in [1.29, 1.82) is 0 Å². The zero-order valence-corrected chi connectivity index (χ0v) is 12.0. The first-order valence-electron chi connectivity index (χ1n) is 6.85. The zero-order valence-electron chi connectivity index (χ0n) is 12.0. The Labute approximate surface area is 116 Å². The van der Waals surface area contributed by atoms with E-state index in [0.717, 1.165) is 44.7 Å². The van der Waals surface area contributed by atoms with Crippen molar-refractivity contribution in [2.24, 2.45) is 5.73 Å². The van der Waals surface area contributed by atoms with Gasteiger partial charge in [-0.25, -0.2) is 0 Å². The summed E-state index contributed by atoms with van der Waals surface area (Å²) >= 11 is 0. The first-order valence-corrected chi connectivity index (χ1v) is 6.85. The summed E-state index contributed by atoms with van der Waals surface area (Å²) in [6, 6.07) is 8.59. The number of benzene rings is 1. The zero-order chi connectivity index (χ0) is 13.9. The maximum Gasteiger partial charge on any atom is 0.118 e. The summed E-state index contributed by atoms with van der Waals surface area (Å²) in [6.07, 6.45) is 3.10. The SMILES string of the molecule is COCC(CCCN)NCCc1ccc(OC)cc1. The third-order valence-corrected chi connectivity index (χ3v) is 3.13. The lowest BCUT2D eigenvalue weighted by Gasteiger charge is -2.17. The van der Waals surface area contributed by atoms with Crippen LogP contribution in [0.5, 0.6) is 5.75 Å². The summed E-state index contributed by atoms with van der Waals surface area (Å²) in [5.74, 6) is 0.900. The Morgan fingerprint density at radius 3 is 2.53 bits per heavy atom. The van der Waals surface area contributed by atoms with Crippen LogP contribution in [0.1, 0.15) is 18.4 Å². The number of hydrogen-bond donors (Lipinski definition) is 2. The van der Waals surface area contributed by atoms with E-state index in [1.165, 1.54) is 5.56 Å². The van der Waals surface area contributed by atoms with Crippen molar-refractivity contribution < 1.29 is 9.47 Å². The second-order valence-electron chi connectivity index (χ2n) is 4.64. The van der Waals surface area contributed by atoms with E-state index >= 15 is 0 Å². The van der Waals surface area contributed by atoms with Crippen molar-refractivity contribution in [3.63, 3.8) is 0 Å². The first kappa shape index (κ1) is 16.0. The summed E-state index contributed by atoms with van der Waals surface area (Å²) in [6.45, 7) is 2.42. The molecule has 0 aromatic heterocycles. The molecule has 1 aromatic rings. The summed E-state index contributed by atoms with van der Waals surface area (Å²) in [4.78, 5) is 0. The Hall–Kier alpha value is -1.10. The van der Waals surface area contributed by atoms with Crippen LogP contribution in [0.15, 0.2) is 24.3 Å². The van der Waals surface area contributed by atoms with Gasteiger partial charge in [-0.1, -0.05) is 12.1 Å². The van der Waals surface area contributed by atoms with Crippen LogP contribution in [0.3, 0.4) is 0 Å². The summed E-state index contributed by atoms with van der Waals surface area (Å²) in [5, 5.41) is 3.52. The molecule has 0 radical (unpaired) electrons. The molecular formula is C15H26N2O2. The molecule has 4 heteroatoms.